The van der Waals surface area contributed by atoms with Gasteiger partial charge in [0.05, 0.1) is 0 Å². The summed E-state index contributed by atoms with van der Waals surface area (Å²) < 4.78 is 0. The zero-order valence-corrected chi connectivity index (χ0v) is 11.6. The van der Waals surface area contributed by atoms with Gasteiger partial charge in [-0.3, -0.25) is 0 Å². The van der Waals surface area contributed by atoms with Crippen molar-refractivity contribution in [3.05, 3.63) is 0 Å². The third-order valence-electron chi connectivity index (χ3n) is 4.27. The van der Waals surface area contributed by atoms with E-state index in [1.165, 1.54) is 64.7 Å². The molecule has 1 unspecified atom stereocenters. The van der Waals surface area contributed by atoms with Gasteiger partial charge in [-0.2, -0.15) is 0 Å². The molecule has 1 atom stereocenters. The van der Waals surface area contributed by atoms with Crippen molar-refractivity contribution >= 4 is 0 Å². The van der Waals surface area contributed by atoms with Gasteiger partial charge in [0, 0.05) is 25.2 Å². The van der Waals surface area contributed by atoms with E-state index < -0.39 is 0 Å². The van der Waals surface area contributed by atoms with Gasteiger partial charge in [0.2, 0.25) is 0 Å². The third-order valence-corrected chi connectivity index (χ3v) is 4.27. The number of piperidine rings is 1. The molecule has 2 rings (SSSR count). The lowest BCUT2D eigenvalue weighted by atomic mass is 10.00. The van der Waals surface area contributed by atoms with Crippen LogP contribution >= 0.6 is 0 Å². The summed E-state index contributed by atoms with van der Waals surface area (Å²) in [4.78, 5) is 5.04. The summed E-state index contributed by atoms with van der Waals surface area (Å²) >= 11 is 0. The van der Waals surface area contributed by atoms with Crippen molar-refractivity contribution < 1.29 is 0 Å². The number of hydrogen-bond acceptors (Lipinski definition) is 3. The Morgan fingerprint density at radius 3 is 2.71 bits per heavy atom. The monoisotopic (exact) mass is 239 g/mol. The van der Waals surface area contributed by atoms with Crippen LogP contribution < -0.4 is 5.32 Å². The molecule has 0 bridgehead atoms. The van der Waals surface area contributed by atoms with Crippen LogP contribution in [-0.4, -0.2) is 62.2 Å². The van der Waals surface area contributed by atoms with E-state index in [0.717, 1.165) is 12.1 Å². The fraction of sp³-hybridized carbons (Fsp3) is 1.00. The predicted octanol–water partition coefficient (Wildman–Crippen LogP) is 1.54. The van der Waals surface area contributed by atoms with Crippen molar-refractivity contribution in [1.82, 2.24) is 15.1 Å². The number of nitrogens with zero attached hydrogens (tertiary/aromatic N) is 2. The van der Waals surface area contributed by atoms with E-state index in [9.17, 15) is 0 Å². The second-order valence-corrected chi connectivity index (χ2v) is 5.95. The van der Waals surface area contributed by atoms with Crippen molar-refractivity contribution in [3.8, 4) is 0 Å². The fourth-order valence-electron chi connectivity index (χ4n) is 2.74. The zero-order valence-electron chi connectivity index (χ0n) is 11.6. The van der Waals surface area contributed by atoms with Gasteiger partial charge in [-0.25, -0.2) is 0 Å². The van der Waals surface area contributed by atoms with Crippen LogP contribution in [0.4, 0.5) is 0 Å². The van der Waals surface area contributed by atoms with Crippen molar-refractivity contribution in [2.45, 2.75) is 50.6 Å². The first-order valence-corrected chi connectivity index (χ1v) is 7.38. The minimum Gasteiger partial charge on any atom is -0.313 e. The highest BCUT2D eigenvalue weighted by atomic mass is 15.2. The molecule has 3 heteroatoms. The Morgan fingerprint density at radius 2 is 2.00 bits per heavy atom. The molecule has 2 aliphatic rings. The molecule has 2 fully saturated rings. The third kappa shape index (κ3) is 4.94. The van der Waals surface area contributed by atoms with Crippen LogP contribution in [0.2, 0.25) is 0 Å². The molecule has 1 heterocycles. The van der Waals surface area contributed by atoms with Crippen molar-refractivity contribution in [1.29, 1.82) is 0 Å². The molecule has 1 aliphatic heterocycles. The Kier molecular flexibility index (Phi) is 5.26. The summed E-state index contributed by atoms with van der Waals surface area (Å²) in [7, 11) is 4.55. The second-order valence-electron chi connectivity index (χ2n) is 5.95. The topological polar surface area (TPSA) is 18.5 Å². The smallest absolute Gasteiger partial charge is 0.0104 e. The van der Waals surface area contributed by atoms with E-state index in [0.29, 0.717) is 0 Å². The number of nitrogens with one attached hydrogen (secondary N) is 1. The van der Waals surface area contributed by atoms with Crippen LogP contribution in [0.25, 0.3) is 0 Å². The molecule has 0 aromatic heterocycles. The van der Waals surface area contributed by atoms with Gasteiger partial charge in [-0.1, -0.05) is 6.42 Å². The Morgan fingerprint density at radius 1 is 1.18 bits per heavy atom. The van der Waals surface area contributed by atoms with E-state index in [4.69, 9.17) is 0 Å². The highest BCUT2D eigenvalue weighted by Crippen LogP contribution is 2.18. The molecule has 0 spiro atoms. The van der Waals surface area contributed by atoms with E-state index in [1.54, 1.807) is 0 Å². The lowest BCUT2D eigenvalue weighted by molar-refractivity contribution is 0.160. The molecule has 1 aliphatic carbocycles. The molecule has 1 saturated carbocycles. The highest BCUT2D eigenvalue weighted by molar-refractivity contribution is 4.81. The molecule has 1 saturated heterocycles. The highest BCUT2D eigenvalue weighted by Gasteiger charge is 2.20. The Bertz CT molecular complexity index is 216. The van der Waals surface area contributed by atoms with Gasteiger partial charge >= 0.3 is 0 Å². The zero-order chi connectivity index (χ0) is 12.1. The maximum Gasteiger partial charge on any atom is 0.0104 e. The first kappa shape index (κ1) is 13.3. The predicted molar refractivity (Wildman–Crippen MR) is 73.4 cm³/mol. The van der Waals surface area contributed by atoms with E-state index in [1.807, 2.05) is 0 Å². The van der Waals surface area contributed by atoms with Gasteiger partial charge in [-0.15, -0.1) is 0 Å². The van der Waals surface area contributed by atoms with Gasteiger partial charge in [0.15, 0.2) is 0 Å². The van der Waals surface area contributed by atoms with Gasteiger partial charge in [0.25, 0.3) is 0 Å². The first-order chi connectivity index (χ1) is 8.25. The van der Waals surface area contributed by atoms with Crippen LogP contribution in [0.3, 0.4) is 0 Å². The number of hydrogen-bond donors (Lipinski definition) is 1. The van der Waals surface area contributed by atoms with Crippen LogP contribution in [0.15, 0.2) is 0 Å². The molecule has 100 valence electrons. The van der Waals surface area contributed by atoms with Crippen LogP contribution in [-0.2, 0) is 0 Å². The number of likely N-dealkylation sites (tertiary alicyclic amines) is 1. The molecule has 0 aromatic carbocycles. The standard InChI is InChI=1S/C14H29N3/c1-16(12-9-15-13-6-7-13)11-8-14-5-3-4-10-17(14)2/h13-15H,3-12H2,1-2H3. The van der Waals surface area contributed by atoms with E-state index in [-0.39, 0.29) is 0 Å². The van der Waals surface area contributed by atoms with Crippen LogP contribution in [0.1, 0.15) is 38.5 Å². The minimum absolute atomic E-state index is 0.836. The summed E-state index contributed by atoms with van der Waals surface area (Å²) in [6, 6.07) is 1.69. The minimum atomic E-state index is 0.836. The normalized spacial score (nSPS) is 26.6. The van der Waals surface area contributed by atoms with Crippen molar-refractivity contribution in [2.75, 3.05) is 40.3 Å². The lowest BCUT2D eigenvalue weighted by Crippen LogP contribution is -2.39. The summed E-state index contributed by atoms with van der Waals surface area (Å²) in [6.07, 6.45) is 8.38. The average molecular weight is 239 g/mol. The van der Waals surface area contributed by atoms with Crippen LogP contribution in [0, 0.1) is 0 Å². The first-order valence-electron chi connectivity index (χ1n) is 7.38. The Hall–Kier alpha value is -0.120. The molecule has 3 nitrogen and oxygen atoms in total. The summed E-state index contributed by atoms with van der Waals surface area (Å²) in [5.74, 6) is 0. The van der Waals surface area contributed by atoms with Crippen LogP contribution in [0.5, 0.6) is 0 Å². The fourth-order valence-corrected chi connectivity index (χ4v) is 2.74. The largest absolute Gasteiger partial charge is 0.313 e. The summed E-state index contributed by atoms with van der Waals surface area (Å²) in [6.45, 7) is 4.92. The Labute approximate surface area is 107 Å². The summed E-state index contributed by atoms with van der Waals surface area (Å²) in [5, 5.41) is 3.58. The maximum atomic E-state index is 3.58. The maximum absolute atomic E-state index is 3.58. The van der Waals surface area contributed by atoms with Crippen molar-refractivity contribution in [3.63, 3.8) is 0 Å². The molecule has 0 radical (unpaired) electrons. The molecule has 0 aromatic rings. The quantitative estimate of drug-likeness (QED) is 0.727. The molecule has 0 amide bonds. The molecule has 1 N–H and O–H groups in total. The second kappa shape index (κ2) is 6.72. The molecular weight excluding hydrogens is 210 g/mol. The Balaban J connectivity index is 1.52. The van der Waals surface area contributed by atoms with E-state index in [2.05, 4.69) is 29.2 Å². The van der Waals surface area contributed by atoms with Gasteiger partial charge < -0.3 is 15.1 Å². The van der Waals surface area contributed by atoms with Gasteiger partial charge in [-0.05, 0) is 59.3 Å². The van der Waals surface area contributed by atoms with Gasteiger partial charge in [0.1, 0.15) is 0 Å². The summed E-state index contributed by atoms with van der Waals surface area (Å²) in [5.41, 5.74) is 0. The van der Waals surface area contributed by atoms with E-state index >= 15 is 0 Å². The molecular formula is C14H29N3. The number of rotatable bonds is 7. The number of likely N-dealkylation sites (N-methyl/N-ethyl adjacent to an activating group) is 1. The average Bonchev–Trinajstić information content (AvgIpc) is 3.12. The molecule has 17 heavy (non-hydrogen) atoms. The lowest BCUT2D eigenvalue weighted by Gasteiger charge is -2.33. The SMILES string of the molecule is CN(CCNC1CC1)CCC1CCCCN1C. The van der Waals surface area contributed by atoms with Crippen molar-refractivity contribution in [2.24, 2.45) is 0 Å².